The van der Waals surface area contributed by atoms with Gasteiger partial charge in [0, 0.05) is 17.8 Å². The largest absolute Gasteiger partial charge is 0.454 e. The van der Waals surface area contributed by atoms with Gasteiger partial charge < -0.3 is 20.1 Å². The van der Waals surface area contributed by atoms with Gasteiger partial charge in [0.2, 0.25) is 12.6 Å². The summed E-state index contributed by atoms with van der Waals surface area (Å²) in [6, 6.07) is 12.6. The zero-order valence-corrected chi connectivity index (χ0v) is 15.8. The van der Waals surface area contributed by atoms with Crippen LogP contribution in [-0.4, -0.2) is 25.2 Å². The molecule has 0 spiro atoms. The van der Waals surface area contributed by atoms with E-state index in [0.717, 1.165) is 17.3 Å². The summed E-state index contributed by atoms with van der Waals surface area (Å²) in [5, 5.41) is 5.80. The lowest BCUT2D eigenvalue weighted by atomic mass is 10.0. The maximum Gasteiger partial charge on any atom is 0.421 e. The monoisotopic (exact) mass is 416 g/mol. The molecule has 2 heterocycles. The minimum atomic E-state index is -4.58. The van der Waals surface area contributed by atoms with Gasteiger partial charge >= 0.3 is 6.18 Å². The molecule has 0 aromatic heterocycles. The van der Waals surface area contributed by atoms with Crippen LogP contribution in [0.5, 0.6) is 11.5 Å². The summed E-state index contributed by atoms with van der Waals surface area (Å²) in [6.45, 7) is 0.0836. The van der Waals surface area contributed by atoms with E-state index in [4.69, 9.17) is 15.2 Å². The first-order chi connectivity index (χ1) is 14.3. The highest BCUT2D eigenvalue weighted by molar-refractivity contribution is 5.83. The molecular weight excluding hydrogens is 397 g/mol. The molecule has 0 amide bonds. The molecule has 3 aliphatic rings. The van der Waals surface area contributed by atoms with Crippen molar-refractivity contribution in [1.82, 2.24) is 10.6 Å². The Hall–Kier alpha value is -3.20. The highest BCUT2D eigenvalue weighted by Gasteiger charge is 2.42. The summed E-state index contributed by atoms with van der Waals surface area (Å²) in [6.07, 6.45) is -2.54. The van der Waals surface area contributed by atoms with Gasteiger partial charge in [0.1, 0.15) is 11.4 Å². The molecule has 2 aliphatic heterocycles. The molecule has 2 aromatic rings. The van der Waals surface area contributed by atoms with Crippen molar-refractivity contribution in [2.24, 2.45) is 10.7 Å². The Morgan fingerprint density at radius 1 is 1.07 bits per heavy atom. The lowest BCUT2D eigenvalue weighted by Gasteiger charge is -2.35. The molecule has 0 saturated carbocycles. The van der Waals surface area contributed by atoms with Crippen LogP contribution in [0.4, 0.5) is 13.2 Å². The summed E-state index contributed by atoms with van der Waals surface area (Å²) in [5.41, 5.74) is 8.21. The number of ether oxygens (including phenoxy) is 2. The fourth-order valence-corrected chi connectivity index (χ4v) is 4.00. The quantitative estimate of drug-likeness (QED) is 0.717. The number of benzene rings is 2. The van der Waals surface area contributed by atoms with Crippen molar-refractivity contribution in [1.29, 1.82) is 0 Å². The van der Waals surface area contributed by atoms with Gasteiger partial charge in [0.05, 0.1) is 0 Å². The summed E-state index contributed by atoms with van der Waals surface area (Å²) >= 11 is 0. The fourth-order valence-electron chi connectivity index (χ4n) is 4.00. The Morgan fingerprint density at radius 3 is 2.47 bits per heavy atom. The molecule has 156 valence electrons. The summed E-state index contributed by atoms with van der Waals surface area (Å²) < 4.78 is 51.6. The number of hydrogen-bond donors (Lipinski definition) is 3. The second-order valence-electron chi connectivity index (χ2n) is 7.52. The Morgan fingerprint density at radius 2 is 1.77 bits per heavy atom. The third-order valence-electron chi connectivity index (χ3n) is 5.50. The van der Waals surface area contributed by atoms with Gasteiger partial charge in [-0.05, 0) is 42.2 Å². The minimum absolute atomic E-state index is 0.0836. The van der Waals surface area contributed by atoms with Crippen molar-refractivity contribution in [2.75, 3.05) is 6.79 Å². The first-order valence-electron chi connectivity index (χ1n) is 9.49. The Labute approximate surface area is 170 Å². The van der Waals surface area contributed by atoms with Gasteiger partial charge in [-0.25, -0.2) is 4.99 Å². The third kappa shape index (κ3) is 3.24. The lowest BCUT2D eigenvalue weighted by Crippen LogP contribution is -2.55. The van der Waals surface area contributed by atoms with Crippen molar-refractivity contribution in [3.8, 4) is 11.5 Å². The van der Waals surface area contributed by atoms with Crippen LogP contribution in [0.15, 0.2) is 58.9 Å². The molecule has 0 fully saturated rings. The SMILES string of the molecule is NC1(c2ccc3c(c2)OCO3)N=CC(C(F)(F)F)=C(NC2Cc3ccccc3C2)N1. The molecule has 6 nitrogen and oxygen atoms in total. The number of nitrogens with zero attached hydrogens (tertiary/aromatic N) is 1. The van der Waals surface area contributed by atoms with E-state index in [9.17, 15) is 13.2 Å². The maximum absolute atomic E-state index is 13.7. The number of nitrogens with one attached hydrogen (secondary N) is 2. The normalized spacial score (nSPS) is 22.8. The molecule has 0 saturated heterocycles. The number of nitrogens with two attached hydrogens (primary N) is 1. The number of aliphatic imine (C=N–C) groups is 1. The predicted octanol–water partition coefficient (Wildman–Crippen LogP) is 2.69. The van der Waals surface area contributed by atoms with Crippen molar-refractivity contribution in [3.05, 3.63) is 70.5 Å². The van der Waals surface area contributed by atoms with Crippen LogP contribution < -0.4 is 25.8 Å². The van der Waals surface area contributed by atoms with E-state index >= 15 is 0 Å². The van der Waals surface area contributed by atoms with Gasteiger partial charge in [-0.2, -0.15) is 13.2 Å². The van der Waals surface area contributed by atoms with E-state index in [0.29, 0.717) is 29.9 Å². The van der Waals surface area contributed by atoms with E-state index in [-0.39, 0.29) is 18.7 Å². The van der Waals surface area contributed by atoms with E-state index in [1.165, 1.54) is 0 Å². The highest BCUT2D eigenvalue weighted by atomic mass is 19.4. The average molecular weight is 416 g/mol. The van der Waals surface area contributed by atoms with E-state index in [2.05, 4.69) is 15.6 Å². The predicted molar refractivity (Wildman–Crippen MR) is 104 cm³/mol. The van der Waals surface area contributed by atoms with E-state index in [1.807, 2.05) is 24.3 Å². The Kier molecular flexibility index (Phi) is 4.18. The second kappa shape index (κ2) is 6.66. The fraction of sp³-hybridized carbons (Fsp3) is 0.286. The smallest absolute Gasteiger partial charge is 0.421 e. The van der Waals surface area contributed by atoms with E-state index < -0.39 is 17.5 Å². The molecule has 30 heavy (non-hydrogen) atoms. The molecular formula is C21H19F3N4O2. The van der Waals surface area contributed by atoms with Gasteiger partial charge in [0.25, 0.3) is 0 Å². The molecule has 1 unspecified atom stereocenters. The van der Waals surface area contributed by atoms with Crippen molar-refractivity contribution < 1.29 is 22.6 Å². The molecule has 1 atom stereocenters. The van der Waals surface area contributed by atoms with Crippen LogP contribution in [-0.2, 0) is 18.6 Å². The molecule has 9 heteroatoms. The average Bonchev–Trinajstić information content (AvgIpc) is 3.32. The van der Waals surface area contributed by atoms with Crippen molar-refractivity contribution in [3.63, 3.8) is 0 Å². The summed E-state index contributed by atoms with van der Waals surface area (Å²) in [7, 11) is 0. The number of alkyl halides is 3. The van der Waals surface area contributed by atoms with Crippen molar-refractivity contribution in [2.45, 2.75) is 30.8 Å². The highest BCUT2D eigenvalue weighted by Crippen LogP contribution is 2.37. The van der Waals surface area contributed by atoms with Crippen LogP contribution in [0.25, 0.3) is 0 Å². The molecule has 0 radical (unpaired) electrons. The van der Waals surface area contributed by atoms with Crippen LogP contribution in [0.2, 0.25) is 0 Å². The third-order valence-corrected chi connectivity index (χ3v) is 5.50. The number of hydrogen-bond acceptors (Lipinski definition) is 6. The summed E-state index contributed by atoms with van der Waals surface area (Å²) in [4.78, 5) is 4.00. The zero-order chi connectivity index (χ0) is 20.9. The number of fused-ring (bicyclic) bond motifs is 2. The van der Waals surface area contributed by atoms with Crippen LogP contribution >= 0.6 is 0 Å². The van der Waals surface area contributed by atoms with Gasteiger partial charge in [-0.15, -0.1) is 0 Å². The van der Waals surface area contributed by atoms with Gasteiger partial charge in [-0.1, -0.05) is 24.3 Å². The first-order valence-corrected chi connectivity index (χ1v) is 9.49. The molecule has 2 aromatic carbocycles. The number of halogens is 3. The Bertz CT molecular complexity index is 1040. The van der Waals surface area contributed by atoms with E-state index in [1.54, 1.807) is 18.2 Å². The lowest BCUT2D eigenvalue weighted by molar-refractivity contribution is -0.0877. The second-order valence-corrected chi connectivity index (χ2v) is 7.52. The van der Waals surface area contributed by atoms with Gasteiger partial charge in [-0.3, -0.25) is 5.73 Å². The minimum Gasteiger partial charge on any atom is -0.454 e. The molecule has 0 bridgehead atoms. The zero-order valence-electron chi connectivity index (χ0n) is 15.8. The standard InChI is InChI=1S/C21H19F3N4O2/c22-20(23,24)16-10-26-21(25,14-5-6-17-18(9-14)30-11-29-17)28-19(16)27-15-7-12-3-1-2-4-13(12)8-15/h1-6,9-10,15,27-28H,7-8,11,25H2. The van der Waals surface area contributed by atoms with Crippen molar-refractivity contribution >= 4 is 6.21 Å². The van der Waals surface area contributed by atoms with Crippen LogP contribution in [0, 0.1) is 0 Å². The summed E-state index contributed by atoms with van der Waals surface area (Å²) in [5.74, 6) is -0.740. The number of rotatable bonds is 3. The van der Waals surface area contributed by atoms with Crippen LogP contribution in [0.1, 0.15) is 16.7 Å². The number of allylic oxidation sites excluding steroid dienone is 1. The first kappa shape index (κ1) is 18.8. The molecule has 5 rings (SSSR count). The molecule has 1 aliphatic carbocycles. The topological polar surface area (TPSA) is 80.9 Å². The van der Waals surface area contributed by atoms with Gasteiger partial charge in [0.15, 0.2) is 11.5 Å². The Balaban J connectivity index is 1.44. The van der Waals surface area contributed by atoms with Crippen LogP contribution in [0.3, 0.4) is 0 Å². The molecule has 4 N–H and O–H groups in total. The maximum atomic E-state index is 13.7.